The summed E-state index contributed by atoms with van der Waals surface area (Å²) in [5.74, 6) is -0.0862. The van der Waals surface area contributed by atoms with Crippen LogP contribution in [0.25, 0.3) is 0 Å². The Bertz CT molecular complexity index is 1430. The molecule has 0 bridgehead atoms. The van der Waals surface area contributed by atoms with Gasteiger partial charge in [0.15, 0.2) is 0 Å². The van der Waals surface area contributed by atoms with Gasteiger partial charge in [-0.15, -0.1) is 0 Å². The molecule has 3 aromatic rings. The lowest BCUT2D eigenvalue weighted by Crippen LogP contribution is -2.53. The van der Waals surface area contributed by atoms with Crippen molar-refractivity contribution in [3.63, 3.8) is 0 Å². The molecule has 1 aliphatic carbocycles. The first-order valence-electron chi connectivity index (χ1n) is 14.3. The van der Waals surface area contributed by atoms with Crippen LogP contribution in [0.3, 0.4) is 0 Å². The molecule has 1 aliphatic rings. The van der Waals surface area contributed by atoms with Crippen molar-refractivity contribution in [1.29, 1.82) is 0 Å². The van der Waals surface area contributed by atoms with E-state index in [9.17, 15) is 22.4 Å². The van der Waals surface area contributed by atoms with Crippen molar-refractivity contribution in [3.8, 4) is 11.5 Å². The Morgan fingerprint density at radius 2 is 1.55 bits per heavy atom. The summed E-state index contributed by atoms with van der Waals surface area (Å²) in [5, 5.41) is 3.10. The molecule has 4 rings (SSSR count). The molecule has 0 aliphatic heterocycles. The molecule has 8 nitrogen and oxygen atoms in total. The lowest BCUT2D eigenvalue weighted by molar-refractivity contribution is -0.140. The average Bonchev–Trinajstić information content (AvgIpc) is 2.98. The van der Waals surface area contributed by atoms with E-state index in [1.54, 1.807) is 48.5 Å². The van der Waals surface area contributed by atoms with E-state index in [4.69, 9.17) is 4.74 Å². The summed E-state index contributed by atoms with van der Waals surface area (Å²) < 4.78 is 46.2. The van der Waals surface area contributed by atoms with E-state index in [2.05, 4.69) is 5.32 Å². The fraction of sp³-hybridized carbons (Fsp3) is 0.375. The maximum absolute atomic E-state index is 13.9. The van der Waals surface area contributed by atoms with Gasteiger partial charge >= 0.3 is 0 Å². The number of rotatable bonds is 12. The van der Waals surface area contributed by atoms with Gasteiger partial charge in [0.25, 0.3) is 0 Å². The molecule has 0 aromatic heterocycles. The van der Waals surface area contributed by atoms with Crippen LogP contribution < -0.4 is 14.4 Å². The molecule has 2 amide bonds. The lowest BCUT2D eigenvalue weighted by Gasteiger charge is -2.34. The predicted octanol–water partition coefficient (Wildman–Crippen LogP) is 5.64. The highest BCUT2D eigenvalue weighted by molar-refractivity contribution is 7.92. The van der Waals surface area contributed by atoms with Crippen molar-refractivity contribution < 1.29 is 27.1 Å². The average molecular weight is 596 g/mol. The topological polar surface area (TPSA) is 96.0 Å². The lowest BCUT2D eigenvalue weighted by atomic mass is 9.95. The highest BCUT2D eigenvalue weighted by Crippen LogP contribution is 2.26. The molecule has 0 spiro atoms. The first-order valence-corrected chi connectivity index (χ1v) is 16.1. The summed E-state index contributed by atoms with van der Waals surface area (Å²) in [6.07, 6.45) is 6.36. The second-order valence-electron chi connectivity index (χ2n) is 10.6. The summed E-state index contributed by atoms with van der Waals surface area (Å²) in [4.78, 5) is 28.8. The van der Waals surface area contributed by atoms with Crippen LogP contribution in [0.15, 0.2) is 78.9 Å². The number of hydrogen-bond acceptors (Lipinski definition) is 5. The van der Waals surface area contributed by atoms with Crippen molar-refractivity contribution in [2.45, 2.75) is 64.1 Å². The van der Waals surface area contributed by atoms with Crippen molar-refractivity contribution in [3.05, 3.63) is 90.2 Å². The number of carbonyl (C=O) groups is 2. The minimum atomic E-state index is -3.88. The largest absolute Gasteiger partial charge is 0.457 e. The van der Waals surface area contributed by atoms with Crippen LogP contribution in [-0.2, 0) is 26.2 Å². The van der Waals surface area contributed by atoms with E-state index >= 15 is 0 Å². The fourth-order valence-electron chi connectivity index (χ4n) is 5.17. The number of para-hydroxylation sites is 1. The molecule has 1 N–H and O–H groups in total. The molecule has 1 atom stereocenters. The van der Waals surface area contributed by atoms with Gasteiger partial charge in [0.2, 0.25) is 21.8 Å². The van der Waals surface area contributed by atoms with Crippen molar-refractivity contribution in [2.75, 3.05) is 17.1 Å². The normalized spacial score (nSPS) is 14.5. The highest BCUT2D eigenvalue weighted by Gasteiger charge is 2.32. The zero-order chi connectivity index (χ0) is 30.1. The Kier molecular flexibility index (Phi) is 10.6. The van der Waals surface area contributed by atoms with E-state index in [1.807, 2.05) is 25.1 Å². The van der Waals surface area contributed by atoms with Gasteiger partial charge < -0.3 is 15.0 Å². The number of ether oxygens (including phenoxy) is 1. The van der Waals surface area contributed by atoms with Crippen LogP contribution in [0.2, 0.25) is 0 Å². The number of nitrogens with zero attached hydrogens (tertiary/aromatic N) is 2. The Morgan fingerprint density at radius 1 is 0.929 bits per heavy atom. The van der Waals surface area contributed by atoms with Crippen LogP contribution >= 0.6 is 0 Å². The van der Waals surface area contributed by atoms with Crippen LogP contribution in [0.5, 0.6) is 11.5 Å². The zero-order valence-electron chi connectivity index (χ0n) is 24.0. The van der Waals surface area contributed by atoms with E-state index in [1.165, 1.54) is 17.0 Å². The van der Waals surface area contributed by atoms with Crippen LogP contribution in [0.4, 0.5) is 10.1 Å². The molecule has 10 heteroatoms. The van der Waals surface area contributed by atoms with Crippen LogP contribution in [-0.4, -0.2) is 50.0 Å². The van der Waals surface area contributed by atoms with E-state index < -0.39 is 34.3 Å². The number of anilines is 1. The third-order valence-electron chi connectivity index (χ3n) is 7.39. The van der Waals surface area contributed by atoms with Gasteiger partial charge in [0, 0.05) is 12.6 Å². The molecule has 1 unspecified atom stereocenters. The second kappa shape index (κ2) is 14.3. The highest BCUT2D eigenvalue weighted by atomic mass is 32.2. The number of benzene rings is 3. The quantitative estimate of drug-likeness (QED) is 0.292. The van der Waals surface area contributed by atoms with Gasteiger partial charge in [0.1, 0.15) is 29.9 Å². The number of nitrogens with one attached hydrogen (secondary N) is 1. The van der Waals surface area contributed by atoms with Crippen LogP contribution in [0.1, 0.15) is 51.0 Å². The van der Waals surface area contributed by atoms with E-state index in [-0.39, 0.29) is 24.2 Å². The Balaban J connectivity index is 1.57. The summed E-state index contributed by atoms with van der Waals surface area (Å²) >= 11 is 0. The Morgan fingerprint density at radius 3 is 2.14 bits per heavy atom. The molecule has 1 fully saturated rings. The molecular weight excluding hydrogens is 557 g/mol. The Hall–Kier alpha value is -3.92. The van der Waals surface area contributed by atoms with Crippen molar-refractivity contribution >= 4 is 27.5 Å². The molecule has 42 heavy (non-hydrogen) atoms. The third-order valence-corrected chi connectivity index (χ3v) is 8.53. The van der Waals surface area contributed by atoms with Gasteiger partial charge in [-0.3, -0.25) is 13.9 Å². The minimum Gasteiger partial charge on any atom is -0.457 e. The SMILES string of the molecule is CCC(C(=O)NC1CCCCC1)N(Cc1ccc(F)cc1)C(=O)CN(c1ccc(Oc2ccccc2)cc1)S(C)(=O)=O. The first kappa shape index (κ1) is 31.0. The molecule has 0 heterocycles. The van der Waals surface area contributed by atoms with Crippen LogP contribution in [0, 0.1) is 5.82 Å². The number of halogens is 1. The second-order valence-corrected chi connectivity index (χ2v) is 12.5. The van der Waals surface area contributed by atoms with Gasteiger partial charge in [-0.2, -0.15) is 0 Å². The van der Waals surface area contributed by atoms with Crippen molar-refractivity contribution in [2.24, 2.45) is 0 Å². The molecule has 224 valence electrons. The standard InChI is InChI=1S/C32H38FN3O5S/c1-3-30(32(38)34-26-10-6-4-7-11-26)35(22-24-14-16-25(33)17-15-24)31(37)23-36(42(2,39)40)27-18-20-29(21-19-27)41-28-12-8-5-9-13-28/h5,8-9,12-21,26,30H,3-4,6-7,10-11,22-23H2,1-2H3,(H,34,38). The van der Waals surface area contributed by atoms with Crippen molar-refractivity contribution in [1.82, 2.24) is 10.2 Å². The number of sulfonamides is 1. The molecule has 0 radical (unpaired) electrons. The smallest absolute Gasteiger partial charge is 0.244 e. The molecule has 1 saturated carbocycles. The first-order chi connectivity index (χ1) is 20.1. The minimum absolute atomic E-state index is 0.0250. The monoisotopic (exact) mass is 595 g/mol. The van der Waals surface area contributed by atoms with Gasteiger partial charge in [-0.25, -0.2) is 12.8 Å². The summed E-state index contributed by atoms with van der Waals surface area (Å²) in [6, 6.07) is 20.5. The van der Waals surface area contributed by atoms with E-state index in [0.29, 0.717) is 23.5 Å². The zero-order valence-corrected chi connectivity index (χ0v) is 24.9. The molecule has 0 saturated heterocycles. The summed E-state index contributed by atoms with van der Waals surface area (Å²) in [6.45, 7) is 1.33. The van der Waals surface area contributed by atoms with Gasteiger partial charge in [-0.05, 0) is 73.4 Å². The third kappa shape index (κ3) is 8.55. The Labute approximate surface area is 247 Å². The molecule has 3 aromatic carbocycles. The van der Waals surface area contributed by atoms with Gasteiger partial charge in [-0.1, -0.05) is 56.5 Å². The van der Waals surface area contributed by atoms with Gasteiger partial charge in [0.05, 0.1) is 11.9 Å². The summed E-state index contributed by atoms with van der Waals surface area (Å²) in [7, 11) is -3.88. The number of amides is 2. The maximum Gasteiger partial charge on any atom is 0.244 e. The molecular formula is C32H38FN3O5S. The number of carbonyl (C=O) groups excluding carboxylic acids is 2. The fourth-order valence-corrected chi connectivity index (χ4v) is 6.02. The predicted molar refractivity (Wildman–Crippen MR) is 161 cm³/mol. The van der Waals surface area contributed by atoms with E-state index in [0.717, 1.165) is 42.7 Å². The number of hydrogen-bond donors (Lipinski definition) is 1. The summed E-state index contributed by atoms with van der Waals surface area (Å²) in [5.41, 5.74) is 0.912. The maximum atomic E-state index is 13.9.